The molecule has 2 rings (SSSR count). The SMILES string of the molecule is S.[C-]#[N+]c1cccc2c1CC[C@@H]2N[S@@](=O)C(C)(C)C. The maximum Gasteiger partial charge on any atom is 0.190 e. The van der Waals surface area contributed by atoms with Gasteiger partial charge in [-0.1, -0.05) is 18.2 Å². The third-order valence-electron chi connectivity index (χ3n) is 3.17. The molecule has 0 amide bonds. The van der Waals surface area contributed by atoms with Crippen molar-refractivity contribution in [1.29, 1.82) is 0 Å². The summed E-state index contributed by atoms with van der Waals surface area (Å²) >= 11 is 0. The molecule has 19 heavy (non-hydrogen) atoms. The standard InChI is InChI=1S/C14H18N2OS.H2S/c1-14(2,3)18(17)16-13-9-8-11-10(13)6-5-7-12(11)15-4;/h5-7,13,16H,8-9H2,1-3H3;1H2/t13-,18-;/m0./s1. The number of nitrogens with one attached hydrogen (secondary N) is 1. The molecule has 2 atom stereocenters. The van der Waals surface area contributed by atoms with E-state index < -0.39 is 11.0 Å². The van der Waals surface area contributed by atoms with E-state index in [0.29, 0.717) is 0 Å². The van der Waals surface area contributed by atoms with Gasteiger partial charge in [0.25, 0.3) is 0 Å². The summed E-state index contributed by atoms with van der Waals surface area (Å²) in [7, 11) is -1.07. The number of rotatable bonds is 2. The molecule has 0 radical (unpaired) electrons. The van der Waals surface area contributed by atoms with Crippen LogP contribution in [0.3, 0.4) is 0 Å². The molecule has 0 saturated carbocycles. The van der Waals surface area contributed by atoms with E-state index in [0.717, 1.165) is 29.7 Å². The van der Waals surface area contributed by atoms with Crippen LogP contribution in [0.5, 0.6) is 0 Å². The van der Waals surface area contributed by atoms with Crippen LogP contribution in [0, 0.1) is 6.57 Å². The molecule has 0 unspecified atom stereocenters. The Morgan fingerprint density at radius 3 is 2.68 bits per heavy atom. The summed E-state index contributed by atoms with van der Waals surface area (Å²) in [4.78, 5) is 3.55. The topological polar surface area (TPSA) is 33.5 Å². The Bertz CT molecular complexity index is 529. The molecule has 104 valence electrons. The summed E-state index contributed by atoms with van der Waals surface area (Å²) in [6.45, 7) is 13.0. The van der Waals surface area contributed by atoms with Crippen LogP contribution >= 0.6 is 13.5 Å². The normalized spacial score (nSPS) is 19.2. The minimum Gasteiger partial charge on any atom is -0.242 e. The van der Waals surface area contributed by atoms with Crippen molar-refractivity contribution < 1.29 is 4.21 Å². The molecule has 3 nitrogen and oxygen atoms in total. The maximum atomic E-state index is 12.1. The fraction of sp³-hybridized carbons (Fsp3) is 0.500. The molecule has 0 heterocycles. The predicted octanol–water partition coefficient (Wildman–Crippen LogP) is 3.39. The average Bonchev–Trinajstić information content (AvgIpc) is 2.71. The molecule has 0 aromatic heterocycles. The molecule has 0 spiro atoms. The minimum absolute atomic E-state index is 0. The molecule has 1 aliphatic carbocycles. The third-order valence-corrected chi connectivity index (χ3v) is 4.78. The van der Waals surface area contributed by atoms with Gasteiger partial charge in [0.2, 0.25) is 0 Å². The highest BCUT2D eigenvalue weighted by Crippen LogP contribution is 2.37. The summed E-state index contributed by atoms with van der Waals surface area (Å²) in [6, 6.07) is 5.91. The number of benzene rings is 1. The molecular weight excluding hydrogens is 276 g/mol. The lowest BCUT2D eigenvalue weighted by Crippen LogP contribution is -2.35. The maximum absolute atomic E-state index is 12.1. The molecule has 0 saturated heterocycles. The second-order valence-corrected chi connectivity index (χ2v) is 7.54. The smallest absolute Gasteiger partial charge is 0.190 e. The molecule has 1 aromatic carbocycles. The minimum atomic E-state index is -1.07. The van der Waals surface area contributed by atoms with Gasteiger partial charge in [-0.3, -0.25) is 0 Å². The third kappa shape index (κ3) is 3.38. The van der Waals surface area contributed by atoms with Gasteiger partial charge in [-0.25, -0.2) is 13.8 Å². The number of hydrogen-bond acceptors (Lipinski definition) is 1. The van der Waals surface area contributed by atoms with Crippen molar-refractivity contribution in [3.05, 3.63) is 40.7 Å². The summed E-state index contributed by atoms with van der Waals surface area (Å²) < 4.78 is 15.1. The quantitative estimate of drug-likeness (QED) is 0.834. The predicted molar refractivity (Wildman–Crippen MR) is 85.2 cm³/mol. The zero-order chi connectivity index (χ0) is 13.3. The fourth-order valence-corrected chi connectivity index (χ4v) is 3.02. The van der Waals surface area contributed by atoms with Gasteiger partial charge in [0.1, 0.15) is 0 Å². The second-order valence-electron chi connectivity index (χ2n) is 5.55. The van der Waals surface area contributed by atoms with E-state index in [2.05, 4.69) is 9.57 Å². The Labute approximate surface area is 124 Å². The molecular formula is C14H20N2OS2. The molecule has 0 aliphatic heterocycles. The fourth-order valence-electron chi connectivity index (χ4n) is 2.17. The molecule has 1 aliphatic rings. The van der Waals surface area contributed by atoms with Gasteiger partial charge < -0.3 is 0 Å². The molecule has 1 aromatic rings. The van der Waals surface area contributed by atoms with Gasteiger partial charge in [0, 0.05) is 6.04 Å². The van der Waals surface area contributed by atoms with Crippen LogP contribution in [-0.2, 0) is 17.4 Å². The summed E-state index contributed by atoms with van der Waals surface area (Å²) in [5.41, 5.74) is 3.00. The van der Waals surface area contributed by atoms with Crippen LogP contribution in [0.15, 0.2) is 18.2 Å². The number of nitrogens with zero attached hydrogens (tertiary/aromatic N) is 1. The van der Waals surface area contributed by atoms with E-state index in [9.17, 15) is 4.21 Å². The first kappa shape index (κ1) is 16.2. The Morgan fingerprint density at radius 2 is 2.11 bits per heavy atom. The first-order valence-electron chi connectivity index (χ1n) is 6.11. The Kier molecular flexibility index (Phi) is 5.19. The monoisotopic (exact) mass is 296 g/mol. The average molecular weight is 296 g/mol. The highest BCUT2D eigenvalue weighted by Gasteiger charge is 2.28. The van der Waals surface area contributed by atoms with Crippen LogP contribution in [0.1, 0.15) is 44.4 Å². The lowest BCUT2D eigenvalue weighted by molar-refractivity contribution is 0.596. The Balaban J connectivity index is 0.00000180. The second kappa shape index (κ2) is 6.08. The Hall–Kier alpha value is -0.830. The van der Waals surface area contributed by atoms with Crippen molar-refractivity contribution in [3.8, 4) is 0 Å². The summed E-state index contributed by atoms with van der Waals surface area (Å²) in [5.74, 6) is 0. The zero-order valence-electron chi connectivity index (χ0n) is 11.5. The van der Waals surface area contributed by atoms with Gasteiger partial charge in [-0.05, 0) is 44.7 Å². The molecule has 1 N–H and O–H groups in total. The van der Waals surface area contributed by atoms with E-state index in [1.54, 1.807) is 0 Å². The zero-order valence-corrected chi connectivity index (χ0v) is 13.3. The molecule has 0 fully saturated rings. The number of fused-ring (bicyclic) bond motifs is 1. The highest BCUT2D eigenvalue weighted by atomic mass is 32.2. The molecule has 5 heteroatoms. The van der Waals surface area contributed by atoms with Gasteiger partial charge in [0.05, 0.1) is 22.3 Å². The van der Waals surface area contributed by atoms with Gasteiger partial charge in [-0.15, -0.1) is 0 Å². The van der Waals surface area contributed by atoms with Crippen LogP contribution in [0.2, 0.25) is 0 Å². The van der Waals surface area contributed by atoms with E-state index in [-0.39, 0.29) is 24.3 Å². The van der Waals surface area contributed by atoms with Crippen molar-refractivity contribution in [2.75, 3.05) is 0 Å². The van der Waals surface area contributed by atoms with Crippen LogP contribution < -0.4 is 4.72 Å². The van der Waals surface area contributed by atoms with Crippen molar-refractivity contribution >= 4 is 30.2 Å². The van der Waals surface area contributed by atoms with Gasteiger partial charge >= 0.3 is 0 Å². The van der Waals surface area contributed by atoms with Crippen molar-refractivity contribution in [1.82, 2.24) is 4.72 Å². The summed E-state index contributed by atoms with van der Waals surface area (Å²) in [5, 5.41) is 0. The largest absolute Gasteiger partial charge is 0.242 e. The lowest BCUT2D eigenvalue weighted by Gasteiger charge is -2.22. The first-order valence-corrected chi connectivity index (χ1v) is 7.26. The van der Waals surface area contributed by atoms with E-state index in [1.807, 2.05) is 39.0 Å². The van der Waals surface area contributed by atoms with E-state index >= 15 is 0 Å². The number of hydrogen-bond donors (Lipinski definition) is 1. The van der Waals surface area contributed by atoms with E-state index in [1.165, 1.54) is 0 Å². The first-order chi connectivity index (χ1) is 8.43. The van der Waals surface area contributed by atoms with Gasteiger partial charge in [-0.2, -0.15) is 13.5 Å². The van der Waals surface area contributed by atoms with Crippen molar-refractivity contribution in [2.45, 2.75) is 44.4 Å². The van der Waals surface area contributed by atoms with Crippen molar-refractivity contribution in [3.63, 3.8) is 0 Å². The molecule has 0 bridgehead atoms. The van der Waals surface area contributed by atoms with Gasteiger partial charge in [0.15, 0.2) is 5.69 Å². The lowest BCUT2D eigenvalue weighted by atomic mass is 10.1. The van der Waals surface area contributed by atoms with Crippen LogP contribution in [0.25, 0.3) is 4.85 Å². The highest BCUT2D eigenvalue weighted by molar-refractivity contribution is 7.84. The van der Waals surface area contributed by atoms with E-state index in [4.69, 9.17) is 6.57 Å². The summed E-state index contributed by atoms with van der Waals surface area (Å²) in [6.07, 6.45) is 1.82. The Morgan fingerprint density at radius 1 is 1.42 bits per heavy atom. The van der Waals surface area contributed by atoms with Crippen LogP contribution in [0.4, 0.5) is 5.69 Å². The van der Waals surface area contributed by atoms with Crippen LogP contribution in [-0.4, -0.2) is 8.96 Å². The van der Waals surface area contributed by atoms with Crippen molar-refractivity contribution in [2.24, 2.45) is 0 Å².